The number of nitrogen functional groups attached to an aromatic ring is 1. The number of fused-ring (bicyclic) bond motifs is 1. The lowest BCUT2D eigenvalue weighted by Crippen LogP contribution is -2.19. The van der Waals surface area contributed by atoms with Crippen molar-refractivity contribution in [2.45, 2.75) is 17.8 Å². The summed E-state index contributed by atoms with van der Waals surface area (Å²) in [6.45, 7) is 0.388. The molecule has 20 heavy (non-hydrogen) atoms. The molecule has 1 aliphatic rings. The first-order valence-corrected chi connectivity index (χ1v) is 8.00. The van der Waals surface area contributed by atoms with Crippen LogP contribution in [0.1, 0.15) is 0 Å². The average Bonchev–Trinajstić information content (AvgIpc) is 2.98. The number of nitrogens with one attached hydrogen (secondary N) is 1. The molecule has 1 fully saturated rings. The van der Waals surface area contributed by atoms with Gasteiger partial charge in [-0.3, -0.25) is 9.78 Å². The van der Waals surface area contributed by atoms with Crippen LogP contribution in [0, 0.1) is 0 Å². The fraction of sp³-hybridized carbons (Fsp3) is 0.444. The van der Waals surface area contributed by atoms with Gasteiger partial charge in [0.1, 0.15) is 0 Å². The topological polar surface area (TPSA) is 136 Å². The molecule has 3 rings (SSSR count). The molecule has 0 saturated carbocycles. The summed E-state index contributed by atoms with van der Waals surface area (Å²) in [5.74, 6) is 0.604. The van der Waals surface area contributed by atoms with Gasteiger partial charge in [-0.2, -0.15) is 9.88 Å². The number of aromatic nitrogens is 4. The summed E-state index contributed by atoms with van der Waals surface area (Å²) in [5.41, 5.74) is 5.68. The normalized spacial score (nSPS) is 23.4. The highest BCUT2D eigenvalue weighted by molar-refractivity contribution is 8.04. The SMILES string of the molecule is Nc1nc2c(ncn2CC2CSC([P+](=O)O)O2)c(=O)[nH]1. The first-order chi connectivity index (χ1) is 9.54. The zero-order valence-electron chi connectivity index (χ0n) is 10.1. The lowest BCUT2D eigenvalue weighted by atomic mass is 10.4. The van der Waals surface area contributed by atoms with E-state index < -0.39 is 18.8 Å². The Kier molecular flexibility index (Phi) is 3.47. The molecule has 0 amide bonds. The van der Waals surface area contributed by atoms with Crippen LogP contribution < -0.4 is 11.3 Å². The number of rotatable bonds is 3. The second-order valence-electron chi connectivity index (χ2n) is 4.22. The second kappa shape index (κ2) is 5.13. The predicted molar refractivity (Wildman–Crippen MR) is 73.5 cm³/mol. The van der Waals surface area contributed by atoms with E-state index in [2.05, 4.69) is 15.0 Å². The number of H-pyrrole nitrogens is 1. The van der Waals surface area contributed by atoms with Gasteiger partial charge in [0, 0.05) is 5.75 Å². The van der Waals surface area contributed by atoms with Crippen molar-refractivity contribution in [3.63, 3.8) is 0 Å². The molecule has 9 nitrogen and oxygen atoms in total. The van der Waals surface area contributed by atoms with Gasteiger partial charge in [-0.15, -0.1) is 0 Å². The van der Waals surface area contributed by atoms with Crippen LogP contribution in [-0.4, -0.2) is 41.4 Å². The fourth-order valence-electron chi connectivity index (χ4n) is 1.97. The van der Waals surface area contributed by atoms with Gasteiger partial charge in [0.05, 0.1) is 19.0 Å². The fourth-order valence-corrected chi connectivity index (χ4v) is 3.81. The Balaban J connectivity index is 1.85. The quantitative estimate of drug-likeness (QED) is 0.665. The molecule has 2 aromatic rings. The van der Waals surface area contributed by atoms with Gasteiger partial charge in [-0.1, -0.05) is 11.8 Å². The van der Waals surface area contributed by atoms with Gasteiger partial charge >= 0.3 is 13.2 Å². The van der Waals surface area contributed by atoms with Gasteiger partial charge in [-0.25, -0.2) is 4.98 Å². The van der Waals surface area contributed by atoms with E-state index in [1.807, 2.05) is 0 Å². The molecule has 4 N–H and O–H groups in total. The molecule has 1 saturated heterocycles. The minimum absolute atomic E-state index is 0.0160. The zero-order chi connectivity index (χ0) is 14.3. The number of nitrogens with zero attached hydrogens (tertiary/aromatic N) is 3. The summed E-state index contributed by atoms with van der Waals surface area (Å²) >= 11 is 1.29. The summed E-state index contributed by atoms with van der Waals surface area (Å²) in [5, 5.41) is -0.703. The van der Waals surface area contributed by atoms with E-state index in [1.165, 1.54) is 18.1 Å². The molecule has 3 unspecified atom stereocenters. The van der Waals surface area contributed by atoms with Crippen LogP contribution in [0.5, 0.6) is 0 Å². The lowest BCUT2D eigenvalue weighted by molar-refractivity contribution is 0.0870. The van der Waals surface area contributed by atoms with E-state index in [-0.39, 0.29) is 17.6 Å². The van der Waals surface area contributed by atoms with Crippen molar-refractivity contribution in [3.05, 3.63) is 16.7 Å². The molecule has 2 aromatic heterocycles. The summed E-state index contributed by atoms with van der Waals surface area (Å²) < 4.78 is 18.1. The van der Waals surface area contributed by atoms with Gasteiger partial charge < -0.3 is 15.0 Å². The highest BCUT2D eigenvalue weighted by atomic mass is 32.2. The molecule has 0 spiro atoms. The minimum Gasteiger partial charge on any atom is -0.369 e. The monoisotopic (exact) mass is 316 g/mol. The first-order valence-electron chi connectivity index (χ1n) is 5.67. The number of hydrogen-bond acceptors (Lipinski definition) is 7. The summed E-state index contributed by atoms with van der Waals surface area (Å²) in [6, 6.07) is 0. The summed E-state index contributed by atoms with van der Waals surface area (Å²) in [7, 11) is -2.36. The maximum atomic E-state index is 11.6. The van der Waals surface area contributed by atoms with Gasteiger partial charge in [-0.05, 0) is 4.57 Å². The van der Waals surface area contributed by atoms with Crippen LogP contribution in [0.3, 0.4) is 0 Å². The highest BCUT2D eigenvalue weighted by Gasteiger charge is 2.40. The number of hydrogen-bond donors (Lipinski definition) is 3. The number of imidazole rings is 1. The number of nitrogens with two attached hydrogens (primary N) is 1. The Hall–Kier alpha value is -1.48. The summed E-state index contributed by atoms with van der Waals surface area (Å²) in [6.07, 6.45) is 1.24. The van der Waals surface area contributed by atoms with Crippen molar-refractivity contribution in [1.29, 1.82) is 0 Å². The smallest absolute Gasteiger partial charge is 0.369 e. The molecule has 0 aromatic carbocycles. The number of aromatic amines is 1. The van der Waals surface area contributed by atoms with E-state index >= 15 is 0 Å². The maximum absolute atomic E-state index is 11.6. The molecule has 1 aliphatic heterocycles. The van der Waals surface area contributed by atoms with E-state index in [9.17, 15) is 9.36 Å². The van der Waals surface area contributed by atoms with Crippen LogP contribution in [0.15, 0.2) is 11.1 Å². The Morgan fingerprint density at radius 3 is 3.20 bits per heavy atom. The van der Waals surface area contributed by atoms with E-state index in [0.29, 0.717) is 17.9 Å². The van der Waals surface area contributed by atoms with Crippen molar-refractivity contribution >= 4 is 36.9 Å². The van der Waals surface area contributed by atoms with Crippen molar-refractivity contribution in [2.24, 2.45) is 0 Å². The van der Waals surface area contributed by atoms with Crippen molar-refractivity contribution in [3.8, 4) is 0 Å². The molecule has 106 valence electrons. The predicted octanol–water partition coefficient (Wildman–Crippen LogP) is -0.148. The number of ether oxygens (including phenoxy) is 1. The van der Waals surface area contributed by atoms with Crippen LogP contribution in [-0.2, 0) is 15.8 Å². The molecule has 0 aliphatic carbocycles. The van der Waals surface area contributed by atoms with Gasteiger partial charge in [0.15, 0.2) is 11.2 Å². The van der Waals surface area contributed by atoms with Gasteiger partial charge in [0.25, 0.3) is 5.56 Å². The Morgan fingerprint density at radius 2 is 2.50 bits per heavy atom. The van der Waals surface area contributed by atoms with Crippen LogP contribution >= 0.6 is 19.8 Å². The molecule has 11 heteroatoms. The first kappa shape index (κ1) is 13.5. The van der Waals surface area contributed by atoms with Gasteiger partial charge in [0.2, 0.25) is 5.95 Å². The van der Waals surface area contributed by atoms with Crippen LogP contribution in [0.4, 0.5) is 5.95 Å². The van der Waals surface area contributed by atoms with Crippen molar-refractivity contribution in [2.75, 3.05) is 11.5 Å². The third-order valence-electron chi connectivity index (χ3n) is 2.81. The van der Waals surface area contributed by atoms with Crippen LogP contribution in [0.2, 0.25) is 0 Å². The molecule has 0 bridgehead atoms. The van der Waals surface area contributed by atoms with Crippen molar-refractivity contribution < 1.29 is 14.2 Å². The van der Waals surface area contributed by atoms with E-state index in [1.54, 1.807) is 4.57 Å². The minimum atomic E-state index is -2.36. The average molecular weight is 316 g/mol. The zero-order valence-corrected chi connectivity index (χ0v) is 11.8. The maximum Gasteiger partial charge on any atom is 0.549 e. The number of anilines is 1. The molecule has 0 radical (unpaired) electrons. The van der Waals surface area contributed by atoms with Crippen molar-refractivity contribution in [1.82, 2.24) is 19.5 Å². The molecular formula is C9H11N5O4PS+. The lowest BCUT2D eigenvalue weighted by Gasteiger charge is -2.09. The third kappa shape index (κ3) is 2.42. The van der Waals surface area contributed by atoms with E-state index in [0.717, 1.165) is 0 Å². The molecule has 3 heterocycles. The Labute approximate surface area is 117 Å². The Morgan fingerprint density at radius 1 is 1.70 bits per heavy atom. The second-order valence-corrected chi connectivity index (χ2v) is 6.74. The Bertz CT molecular complexity index is 731. The van der Waals surface area contributed by atoms with Crippen LogP contribution in [0.25, 0.3) is 11.2 Å². The standard InChI is InChI=1S/C9H10N5O4PS/c10-8-12-6-5(7(15)13-8)11-3-14(6)1-4-2-20-9(18-4)19(16)17/h3-4,9H,1-2H2,(H3-,10,12,13,15,16,17)/p+1. The molecule has 3 atom stereocenters. The molecular weight excluding hydrogens is 305 g/mol. The van der Waals surface area contributed by atoms with E-state index in [4.69, 9.17) is 15.4 Å². The highest BCUT2D eigenvalue weighted by Crippen LogP contribution is 2.40. The number of thioether (sulfide) groups is 1. The largest absolute Gasteiger partial charge is 0.549 e. The third-order valence-corrected chi connectivity index (χ3v) is 5.24. The summed E-state index contributed by atoms with van der Waals surface area (Å²) in [4.78, 5) is 31.0.